The highest BCUT2D eigenvalue weighted by Gasteiger charge is 2.22. The Morgan fingerprint density at radius 2 is 2.05 bits per heavy atom. The van der Waals surface area contributed by atoms with E-state index < -0.39 is 0 Å². The number of hydrogen-bond acceptors (Lipinski definition) is 3. The summed E-state index contributed by atoms with van der Waals surface area (Å²) in [6, 6.07) is 7.81. The Morgan fingerprint density at radius 3 is 2.73 bits per heavy atom. The van der Waals surface area contributed by atoms with E-state index in [1.807, 2.05) is 12.1 Å². The molecule has 1 saturated heterocycles. The van der Waals surface area contributed by atoms with Crippen molar-refractivity contribution in [3.63, 3.8) is 0 Å². The Balaban J connectivity index is 1.88. The lowest BCUT2D eigenvalue weighted by atomic mass is 10.2. The fraction of sp³-hybridized carbons (Fsp3) is 0.588. The zero-order chi connectivity index (χ0) is 15.8. The van der Waals surface area contributed by atoms with Crippen LogP contribution in [0.25, 0.3) is 0 Å². The number of benzene rings is 1. The monoisotopic (exact) mass is 304 g/mol. The highest BCUT2D eigenvalue weighted by molar-refractivity contribution is 5.79. The van der Waals surface area contributed by atoms with Gasteiger partial charge >= 0.3 is 0 Å². The number of rotatable bonds is 6. The molecule has 1 unspecified atom stereocenters. The molecule has 0 aliphatic carbocycles. The maximum atomic E-state index is 9.31. The standard InChI is InChI=1S/C17H28N4O/c1-3-18-17(19-12-14-7-9-16(22)10-8-14)20-13-15-6-5-11-21(15)4-2/h7-10,15,22H,3-6,11-13H2,1-2H3,(H2,18,19,20). The quantitative estimate of drug-likeness (QED) is 0.555. The first kappa shape index (κ1) is 16.6. The van der Waals surface area contributed by atoms with Gasteiger partial charge in [0.25, 0.3) is 0 Å². The summed E-state index contributed by atoms with van der Waals surface area (Å²) in [6.07, 6.45) is 2.56. The number of likely N-dealkylation sites (N-methyl/N-ethyl adjacent to an activating group) is 1. The number of phenols is 1. The van der Waals surface area contributed by atoms with Crippen LogP contribution in [0.4, 0.5) is 0 Å². The van der Waals surface area contributed by atoms with E-state index in [4.69, 9.17) is 0 Å². The number of guanidine groups is 1. The predicted octanol–water partition coefficient (Wildman–Crippen LogP) is 1.93. The fourth-order valence-corrected chi connectivity index (χ4v) is 2.87. The van der Waals surface area contributed by atoms with Gasteiger partial charge in [-0.3, -0.25) is 4.90 Å². The van der Waals surface area contributed by atoms with Crippen LogP contribution in [-0.4, -0.2) is 48.2 Å². The van der Waals surface area contributed by atoms with E-state index >= 15 is 0 Å². The highest BCUT2D eigenvalue weighted by atomic mass is 16.3. The summed E-state index contributed by atoms with van der Waals surface area (Å²) >= 11 is 0. The van der Waals surface area contributed by atoms with Crippen molar-refractivity contribution in [2.75, 3.05) is 26.2 Å². The van der Waals surface area contributed by atoms with Crippen LogP contribution < -0.4 is 10.6 Å². The molecular formula is C17H28N4O. The van der Waals surface area contributed by atoms with Crippen LogP contribution in [0.2, 0.25) is 0 Å². The molecule has 5 heteroatoms. The van der Waals surface area contributed by atoms with Gasteiger partial charge < -0.3 is 15.7 Å². The molecule has 0 radical (unpaired) electrons. The van der Waals surface area contributed by atoms with Crippen molar-refractivity contribution in [1.29, 1.82) is 0 Å². The van der Waals surface area contributed by atoms with Crippen LogP contribution in [0, 0.1) is 0 Å². The van der Waals surface area contributed by atoms with E-state index in [-0.39, 0.29) is 0 Å². The van der Waals surface area contributed by atoms with Gasteiger partial charge in [0, 0.05) is 19.1 Å². The zero-order valence-corrected chi connectivity index (χ0v) is 13.7. The molecule has 0 spiro atoms. The molecule has 122 valence electrons. The lowest BCUT2D eigenvalue weighted by molar-refractivity contribution is 0.267. The minimum atomic E-state index is 0.290. The van der Waals surface area contributed by atoms with Crippen molar-refractivity contribution in [3.05, 3.63) is 29.8 Å². The largest absolute Gasteiger partial charge is 0.508 e. The normalized spacial score (nSPS) is 19.4. The van der Waals surface area contributed by atoms with E-state index in [9.17, 15) is 5.11 Å². The number of hydrogen-bond donors (Lipinski definition) is 3. The van der Waals surface area contributed by atoms with E-state index in [2.05, 4.69) is 34.4 Å². The lowest BCUT2D eigenvalue weighted by Crippen LogP contribution is -2.44. The van der Waals surface area contributed by atoms with Crippen molar-refractivity contribution in [3.8, 4) is 5.75 Å². The summed E-state index contributed by atoms with van der Waals surface area (Å²) in [7, 11) is 0. The van der Waals surface area contributed by atoms with Gasteiger partial charge in [0.1, 0.15) is 5.75 Å². The van der Waals surface area contributed by atoms with Crippen LogP contribution in [0.15, 0.2) is 29.3 Å². The average molecular weight is 304 g/mol. The second-order valence-electron chi connectivity index (χ2n) is 5.67. The third-order valence-electron chi connectivity index (χ3n) is 4.11. The summed E-state index contributed by atoms with van der Waals surface area (Å²) in [4.78, 5) is 7.14. The second kappa shape index (κ2) is 8.63. The van der Waals surface area contributed by atoms with Crippen molar-refractivity contribution < 1.29 is 5.11 Å². The minimum absolute atomic E-state index is 0.290. The molecule has 0 amide bonds. The zero-order valence-electron chi connectivity index (χ0n) is 13.7. The third kappa shape index (κ3) is 4.91. The molecule has 3 N–H and O–H groups in total. The average Bonchev–Trinajstić information content (AvgIpc) is 2.99. The van der Waals surface area contributed by atoms with Crippen LogP contribution in [0.3, 0.4) is 0 Å². The summed E-state index contributed by atoms with van der Waals surface area (Å²) in [6.45, 7) is 9.03. The smallest absolute Gasteiger partial charge is 0.191 e. The molecule has 1 heterocycles. The van der Waals surface area contributed by atoms with Crippen LogP contribution in [0.5, 0.6) is 5.75 Å². The second-order valence-corrected chi connectivity index (χ2v) is 5.67. The van der Waals surface area contributed by atoms with Crippen molar-refractivity contribution in [1.82, 2.24) is 15.5 Å². The molecule has 1 atom stereocenters. The molecule has 22 heavy (non-hydrogen) atoms. The molecule has 1 fully saturated rings. The highest BCUT2D eigenvalue weighted by Crippen LogP contribution is 2.15. The summed E-state index contributed by atoms with van der Waals surface area (Å²) < 4.78 is 0. The Kier molecular flexibility index (Phi) is 6.52. The maximum absolute atomic E-state index is 9.31. The minimum Gasteiger partial charge on any atom is -0.508 e. The molecular weight excluding hydrogens is 276 g/mol. The molecule has 1 aromatic carbocycles. The maximum Gasteiger partial charge on any atom is 0.191 e. The van der Waals surface area contributed by atoms with Crippen LogP contribution in [0.1, 0.15) is 32.3 Å². The number of phenolic OH excluding ortho intramolecular Hbond substituents is 1. The Labute approximate surface area is 133 Å². The third-order valence-corrected chi connectivity index (χ3v) is 4.11. The van der Waals surface area contributed by atoms with E-state index in [0.717, 1.165) is 31.2 Å². The molecule has 0 aromatic heterocycles. The van der Waals surface area contributed by atoms with Crippen molar-refractivity contribution in [2.24, 2.45) is 4.99 Å². The van der Waals surface area contributed by atoms with Gasteiger partial charge in [-0.15, -0.1) is 0 Å². The molecule has 1 aliphatic rings. The number of nitrogens with zero attached hydrogens (tertiary/aromatic N) is 2. The van der Waals surface area contributed by atoms with Gasteiger partial charge in [0.05, 0.1) is 6.54 Å². The predicted molar refractivity (Wildman–Crippen MR) is 91.2 cm³/mol. The van der Waals surface area contributed by atoms with Crippen LogP contribution in [-0.2, 0) is 6.54 Å². The van der Waals surface area contributed by atoms with E-state index in [1.54, 1.807) is 12.1 Å². The van der Waals surface area contributed by atoms with Gasteiger partial charge in [0.15, 0.2) is 5.96 Å². The van der Waals surface area contributed by atoms with Gasteiger partial charge in [-0.05, 0) is 50.6 Å². The van der Waals surface area contributed by atoms with Gasteiger partial charge in [-0.1, -0.05) is 19.1 Å². The number of aliphatic imine (C=N–C) groups is 1. The van der Waals surface area contributed by atoms with Gasteiger partial charge in [-0.25, -0.2) is 4.99 Å². The number of nitrogens with one attached hydrogen (secondary N) is 2. The van der Waals surface area contributed by atoms with Crippen LogP contribution >= 0.6 is 0 Å². The van der Waals surface area contributed by atoms with E-state index in [0.29, 0.717) is 18.3 Å². The summed E-state index contributed by atoms with van der Waals surface area (Å²) in [5.41, 5.74) is 1.09. The number of likely N-dealkylation sites (tertiary alicyclic amines) is 1. The van der Waals surface area contributed by atoms with Crippen molar-refractivity contribution >= 4 is 5.96 Å². The molecule has 0 bridgehead atoms. The first-order chi connectivity index (χ1) is 10.7. The topological polar surface area (TPSA) is 59.9 Å². The van der Waals surface area contributed by atoms with Crippen molar-refractivity contribution in [2.45, 2.75) is 39.3 Å². The molecule has 0 saturated carbocycles. The Morgan fingerprint density at radius 1 is 1.27 bits per heavy atom. The van der Waals surface area contributed by atoms with Gasteiger partial charge in [0.2, 0.25) is 0 Å². The Bertz CT molecular complexity index is 472. The first-order valence-electron chi connectivity index (χ1n) is 8.27. The Hall–Kier alpha value is -1.75. The fourth-order valence-electron chi connectivity index (χ4n) is 2.87. The lowest BCUT2D eigenvalue weighted by Gasteiger charge is -2.24. The summed E-state index contributed by atoms with van der Waals surface area (Å²) in [5, 5.41) is 16.1. The number of aromatic hydroxyl groups is 1. The SMILES string of the molecule is CCNC(=NCc1ccc(O)cc1)NCC1CCCN1CC. The molecule has 1 aliphatic heterocycles. The molecule has 5 nitrogen and oxygen atoms in total. The molecule has 2 rings (SSSR count). The van der Waals surface area contributed by atoms with E-state index in [1.165, 1.54) is 19.4 Å². The first-order valence-corrected chi connectivity index (χ1v) is 8.27. The summed E-state index contributed by atoms with van der Waals surface area (Å²) in [5.74, 6) is 1.15. The molecule has 1 aromatic rings. The van der Waals surface area contributed by atoms with Gasteiger partial charge in [-0.2, -0.15) is 0 Å².